The van der Waals surface area contributed by atoms with Crippen molar-refractivity contribution < 1.29 is 9.66 Å². The van der Waals surface area contributed by atoms with E-state index >= 15 is 0 Å². The minimum atomic E-state index is -0.478. The molecule has 0 saturated carbocycles. The summed E-state index contributed by atoms with van der Waals surface area (Å²) in [6.07, 6.45) is 1.60. The molecule has 0 aliphatic heterocycles. The lowest BCUT2D eigenvalue weighted by Crippen LogP contribution is -2.16. The smallest absolute Gasteiger partial charge is 0.333 e. The number of aromatic nitrogens is 2. The SMILES string of the molecule is COc1ccc(/C=N/Nc2nc(C)c([N+](=O)[O-])c(N(C)c3ccccc3)n2)cc1. The largest absolute Gasteiger partial charge is 0.497 e. The molecule has 9 heteroatoms. The number of nitrogens with one attached hydrogen (secondary N) is 1. The maximum absolute atomic E-state index is 11.6. The highest BCUT2D eigenvalue weighted by Gasteiger charge is 2.25. The zero-order valence-electron chi connectivity index (χ0n) is 16.2. The van der Waals surface area contributed by atoms with Crippen LogP contribution >= 0.6 is 0 Å². The van der Waals surface area contributed by atoms with Crippen molar-refractivity contribution in [3.05, 3.63) is 76.0 Å². The minimum absolute atomic E-state index is 0.152. The lowest BCUT2D eigenvalue weighted by molar-refractivity contribution is -0.385. The van der Waals surface area contributed by atoms with E-state index in [2.05, 4.69) is 20.5 Å². The van der Waals surface area contributed by atoms with Gasteiger partial charge in [-0.1, -0.05) is 18.2 Å². The number of hydrogen-bond acceptors (Lipinski definition) is 8. The molecule has 0 aliphatic carbocycles. The Morgan fingerprint density at radius 3 is 2.45 bits per heavy atom. The summed E-state index contributed by atoms with van der Waals surface area (Å²) in [4.78, 5) is 21.2. The van der Waals surface area contributed by atoms with Crippen molar-refractivity contribution in [2.24, 2.45) is 5.10 Å². The van der Waals surface area contributed by atoms with Crippen LogP contribution in [0, 0.1) is 17.0 Å². The van der Waals surface area contributed by atoms with Crippen molar-refractivity contribution in [3.8, 4) is 5.75 Å². The zero-order valence-corrected chi connectivity index (χ0v) is 16.2. The topological polar surface area (TPSA) is 106 Å². The van der Waals surface area contributed by atoms with E-state index in [9.17, 15) is 10.1 Å². The van der Waals surface area contributed by atoms with E-state index in [1.807, 2.05) is 54.6 Å². The molecule has 0 aliphatic rings. The first-order valence-corrected chi connectivity index (χ1v) is 8.74. The van der Waals surface area contributed by atoms with Gasteiger partial charge in [0.25, 0.3) is 0 Å². The van der Waals surface area contributed by atoms with E-state index in [4.69, 9.17) is 4.74 Å². The Hall–Kier alpha value is -4.01. The third kappa shape index (κ3) is 4.64. The predicted molar refractivity (Wildman–Crippen MR) is 112 cm³/mol. The van der Waals surface area contributed by atoms with Gasteiger partial charge in [-0.3, -0.25) is 10.1 Å². The fourth-order valence-electron chi connectivity index (χ4n) is 2.68. The number of rotatable bonds is 7. The first-order valence-electron chi connectivity index (χ1n) is 8.74. The highest BCUT2D eigenvalue weighted by Crippen LogP contribution is 2.33. The van der Waals surface area contributed by atoms with Crippen LogP contribution in [-0.2, 0) is 0 Å². The highest BCUT2D eigenvalue weighted by molar-refractivity contribution is 5.80. The molecule has 1 heterocycles. The van der Waals surface area contributed by atoms with Crippen molar-refractivity contribution in [1.82, 2.24) is 9.97 Å². The van der Waals surface area contributed by atoms with E-state index in [-0.39, 0.29) is 23.1 Å². The number of nitro groups is 1. The molecule has 0 atom stereocenters. The lowest BCUT2D eigenvalue weighted by atomic mass is 10.2. The first-order chi connectivity index (χ1) is 14.0. The Labute approximate surface area is 167 Å². The first kappa shape index (κ1) is 19.7. The van der Waals surface area contributed by atoms with Crippen molar-refractivity contribution in [2.75, 3.05) is 24.5 Å². The molecule has 0 fully saturated rings. The van der Waals surface area contributed by atoms with E-state index in [1.165, 1.54) is 0 Å². The summed E-state index contributed by atoms with van der Waals surface area (Å²) >= 11 is 0. The van der Waals surface area contributed by atoms with Gasteiger partial charge in [-0.15, -0.1) is 0 Å². The number of ether oxygens (including phenoxy) is 1. The average molecular weight is 392 g/mol. The van der Waals surface area contributed by atoms with Gasteiger partial charge in [-0.25, -0.2) is 10.4 Å². The van der Waals surface area contributed by atoms with Crippen molar-refractivity contribution >= 4 is 29.4 Å². The van der Waals surface area contributed by atoms with Gasteiger partial charge in [-0.2, -0.15) is 10.1 Å². The summed E-state index contributed by atoms with van der Waals surface area (Å²) in [6, 6.07) is 16.6. The normalized spacial score (nSPS) is 10.7. The maximum atomic E-state index is 11.6. The molecule has 0 amide bonds. The zero-order chi connectivity index (χ0) is 20.8. The second-order valence-electron chi connectivity index (χ2n) is 6.10. The van der Waals surface area contributed by atoms with Gasteiger partial charge in [0, 0.05) is 12.7 Å². The number of benzene rings is 2. The van der Waals surface area contributed by atoms with Crippen LogP contribution in [0.3, 0.4) is 0 Å². The Morgan fingerprint density at radius 2 is 1.83 bits per heavy atom. The van der Waals surface area contributed by atoms with Crippen LogP contribution in [0.25, 0.3) is 0 Å². The van der Waals surface area contributed by atoms with Gasteiger partial charge >= 0.3 is 5.69 Å². The summed E-state index contributed by atoms with van der Waals surface area (Å²) in [5.74, 6) is 1.09. The number of hydrazone groups is 1. The van der Waals surface area contributed by atoms with Crippen LogP contribution in [-0.4, -0.2) is 35.3 Å². The summed E-state index contributed by atoms with van der Waals surface area (Å²) in [5, 5.41) is 15.7. The Balaban J connectivity index is 1.88. The number of methoxy groups -OCH3 is 1. The Morgan fingerprint density at radius 1 is 1.14 bits per heavy atom. The van der Waals surface area contributed by atoms with Crippen LogP contribution in [0.4, 0.5) is 23.1 Å². The fraction of sp³-hybridized carbons (Fsp3) is 0.150. The quantitative estimate of drug-likeness (QED) is 0.369. The van der Waals surface area contributed by atoms with Crippen LogP contribution in [0.2, 0.25) is 0 Å². The van der Waals surface area contributed by atoms with Crippen molar-refractivity contribution in [3.63, 3.8) is 0 Å². The van der Waals surface area contributed by atoms with Gasteiger partial charge in [0.05, 0.1) is 18.2 Å². The van der Waals surface area contributed by atoms with Crippen LogP contribution in [0.1, 0.15) is 11.3 Å². The van der Waals surface area contributed by atoms with Crippen LogP contribution in [0.15, 0.2) is 59.7 Å². The molecule has 0 unspecified atom stereocenters. The van der Waals surface area contributed by atoms with Gasteiger partial charge in [0.15, 0.2) is 0 Å². The Kier molecular flexibility index (Phi) is 5.98. The molecule has 3 aromatic rings. The lowest BCUT2D eigenvalue weighted by Gasteiger charge is -2.19. The summed E-state index contributed by atoms with van der Waals surface area (Å²) in [5.41, 5.74) is 4.44. The Bertz CT molecular complexity index is 1020. The standard InChI is InChI=1S/C20H20N6O3/c1-14-18(26(27)28)19(25(2)16-7-5-4-6-8-16)23-20(22-14)24-21-13-15-9-11-17(29-3)12-10-15/h4-13H,1-3H3,(H,22,23,24)/b21-13+. The number of nitrogens with zero attached hydrogens (tertiary/aromatic N) is 5. The van der Waals surface area contributed by atoms with Gasteiger partial charge in [-0.05, 0) is 48.9 Å². The molecule has 0 radical (unpaired) electrons. The summed E-state index contributed by atoms with van der Waals surface area (Å²) in [6.45, 7) is 1.57. The molecule has 1 aromatic heterocycles. The molecule has 0 saturated heterocycles. The van der Waals surface area contributed by atoms with Gasteiger partial charge in [0.1, 0.15) is 11.4 Å². The highest BCUT2D eigenvalue weighted by atomic mass is 16.6. The molecule has 9 nitrogen and oxygen atoms in total. The second kappa shape index (κ2) is 8.79. The molecule has 148 valence electrons. The molecular formula is C20H20N6O3. The van der Waals surface area contributed by atoms with E-state index < -0.39 is 4.92 Å². The van der Waals surface area contributed by atoms with Crippen LogP contribution in [0.5, 0.6) is 5.75 Å². The van der Waals surface area contributed by atoms with Gasteiger partial charge in [0.2, 0.25) is 11.8 Å². The number of aryl methyl sites for hydroxylation is 1. The number of hydrogen-bond donors (Lipinski definition) is 1. The maximum Gasteiger partial charge on any atom is 0.333 e. The molecule has 2 aromatic carbocycles. The minimum Gasteiger partial charge on any atom is -0.497 e. The monoisotopic (exact) mass is 392 g/mol. The number of anilines is 3. The molecule has 29 heavy (non-hydrogen) atoms. The van der Waals surface area contributed by atoms with Crippen molar-refractivity contribution in [2.45, 2.75) is 6.92 Å². The molecule has 0 bridgehead atoms. The van der Waals surface area contributed by atoms with E-state index in [0.29, 0.717) is 0 Å². The second-order valence-corrected chi connectivity index (χ2v) is 6.10. The molecular weight excluding hydrogens is 372 g/mol. The summed E-state index contributed by atoms with van der Waals surface area (Å²) in [7, 11) is 3.32. The molecule has 3 rings (SSSR count). The van der Waals surface area contributed by atoms with Crippen molar-refractivity contribution in [1.29, 1.82) is 0 Å². The number of para-hydroxylation sites is 1. The van der Waals surface area contributed by atoms with Gasteiger partial charge < -0.3 is 9.64 Å². The fourth-order valence-corrected chi connectivity index (χ4v) is 2.68. The van der Waals surface area contributed by atoms with Crippen LogP contribution < -0.4 is 15.1 Å². The summed E-state index contributed by atoms with van der Waals surface area (Å²) < 4.78 is 5.12. The average Bonchev–Trinajstić information content (AvgIpc) is 2.73. The van der Waals surface area contributed by atoms with E-state index in [0.717, 1.165) is 17.0 Å². The van der Waals surface area contributed by atoms with E-state index in [1.54, 1.807) is 32.2 Å². The third-order valence-corrected chi connectivity index (χ3v) is 4.18. The molecule has 1 N–H and O–H groups in total. The predicted octanol–water partition coefficient (Wildman–Crippen LogP) is 3.92. The third-order valence-electron chi connectivity index (χ3n) is 4.18. The molecule has 0 spiro atoms.